The molecule has 1 atom stereocenters. The summed E-state index contributed by atoms with van der Waals surface area (Å²) < 4.78 is 0. The molecule has 3 N–H and O–H groups in total. The van der Waals surface area contributed by atoms with Gasteiger partial charge in [-0.2, -0.15) is 0 Å². The largest absolute Gasteiger partial charge is 0.393 e. The Morgan fingerprint density at radius 1 is 1.35 bits per heavy atom. The predicted octanol–water partition coefficient (Wildman–Crippen LogP) is 0.699. The second-order valence-electron chi connectivity index (χ2n) is 5.84. The third-order valence-corrected chi connectivity index (χ3v) is 4.01. The zero-order valence-corrected chi connectivity index (χ0v) is 13.0. The molecule has 0 aliphatic carbocycles. The first kappa shape index (κ1) is 17.2. The number of β-amino-alcohol motifs (C(OH)–C–C–N with tert-alkyl or cyclic N) is 1. The van der Waals surface area contributed by atoms with Crippen LogP contribution in [0.25, 0.3) is 0 Å². The minimum absolute atomic E-state index is 0.0292. The molecule has 1 aliphatic rings. The van der Waals surface area contributed by atoms with Crippen LogP contribution >= 0.6 is 0 Å². The SMILES string of the molecule is C=CC(=O)Nc1ccc(CCC(=O)N2CCC(O)(CO)C2)cc1. The van der Waals surface area contributed by atoms with Gasteiger partial charge in [0.1, 0.15) is 5.60 Å². The number of aliphatic hydroxyl groups excluding tert-OH is 1. The molecule has 1 aromatic rings. The molecule has 2 rings (SSSR count). The van der Waals surface area contributed by atoms with Gasteiger partial charge in [0, 0.05) is 18.7 Å². The monoisotopic (exact) mass is 318 g/mol. The standard InChI is InChI=1S/C17H22N2O4/c1-2-15(21)18-14-6-3-13(4-7-14)5-8-16(22)19-10-9-17(23,11-19)12-20/h2-4,6-7,20,23H,1,5,8-12H2,(H,18,21). The van der Waals surface area contributed by atoms with E-state index < -0.39 is 5.60 Å². The van der Waals surface area contributed by atoms with Crippen molar-refractivity contribution in [2.45, 2.75) is 24.9 Å². The van der Waals surface area contributed by atoms with Crippen LogP contribution in [0.5, 0.6) is 0 Å². The predicted molar refractivity (Wildman–Crippen MR) is 86.8 cm³/mol. The highest BCUT2D eigenvalue weighted by atomic mass is 16.3. The van der Waals surface area contributed by atoms with E-state index in [0.29, 0.717) is 31.5 Å². The molecule has 0 aromatic heterocycles. The van der Waals surface area contributed by atoms with E-state index >= 15 is 0 Å². The number of nitrogens with one attached hydrogen (secondary N) is 1. The summed E-state index contributed by atoms with van der Waals surface area (Å²) in [6, 6.07) is 7.28. The topological polar surface area (TPSA) is 89.9 Å². The van der Waals surface area contributed by atoms with E-state index in [1.165, 1.54) is 6.08 Å². The fourth-order valence-corrected chi connectivity index (χ4v) is 2.56. The van der Waals surface area contributed by atoms with Gasteiger partial charge in [-0.3, -0.25) is 9.59 Å². The van der Waals surface area contributed by atoms with Crippen LogP contribution < -0.4 is 5.32 Å². The quantitative estimate of drug-likeness (QED) is 0.674. The van der Waals surface area contributed by atoms with Gasteiger partial charge < -0.3 is 20.4 Å². The van der Waals surface area contributed by atoms with Crippen LogP contribution in [-0.2, 0) is 16.0 Å². The van der Waals surface area contributed by atoms with Gasteiger partial charge in [0.25, 0.3) is 0 Å². The van der Waals surface area contributed by atoms with E-state index in [1.807, 2.05) is 12.1 Å². The summed E-state index contributed by atoms with van der Waals surface area (Å²) in [5.41, 5.74) is 0.518. The Hall–Kier alpha value is -2.18. The van der Waals surface area contributed by atoms with Crippen molar-refractivity contribution in [1.82, 2.24) is 4.90 Å². The molecule has 2 amide bonds. The molecule has 124 valence electrons. The van der Waals surface area contributed by atoms with Crippen molar-refractivity contribution in [3.63, 3.8) is 0 Å². The number of anilines is 1. The number of amides is 2. The molecule has 1 saturated heterocycles. The number of aryl methyl sites for hydroxylation is 1. The van der Waals surface area contributed by atoms with Gasteiger partial charge in [-0.1, -0.05) is 18.7 Å². The zero-order valence-electron chi connectivity index (χ0n) is 13.0. The minimum atomic E-state index is -1.15. The van der Waals surface area contributed by atoms with Crippen LogP contribution in [0, 0.1) is 0 Å². The summed E-state index contributed by atoms with van der Waals surface area (Å²) in [7, 11) is 0. The molecule has 6 heteroatoms. The average Bonchev–Trinajstić information content (AvgIpc) is 2.97. The molecule has 1 unspecified atom stereocenters. The van der Waals surface area contributed by atoms with Crippen molar-refractivity contribution in [2.24, 2.45) is 0 Å². The Morgan fingerprint density at radius 3 is 2.61 bits per heavy atom. The number of likely N-dealkylation sites (tertiary alicyclic amines) is 1. The molecule has 23 heavy (non-hydrogen) atoms. The number of carbonyl (C=O) groups is 2. The van der Waals surface area contributed by atoms with E-state index in [1.54, 1.807) is 17.0 Å². The second kappa shape index (κ2) is 7.39. The highest BCUT2D eigenvalue weighted by Crippen LogP contribution is 2.21. The summed E-state index contributed by atoms with van der Waals surface area (Å²) in [6.45, 7) is 3.73. The Labute approximate surface area is 135 Å². The fourth-order valence-electron chi connectivity index (χ4n) is 2.56. The Kier molecular flexibility index (Phi) is 5.52. The van der Waals surface area contributed by atoms with E-state index in [2.05, 4.69) is 11.9 Å². The van der Waals surface area contributed by atoms with Gasteiger partial charge >= 0.3 is 0 Å². The Balaban J connectivity index is 1.83. The van der Waals surface area contributed by atoms with Crippen molar-refractivity contribution in [1.29, 1.82) is 0 Å². The number of hydrogen-bond donors (Lipinski definition) is 3. The number of nitrogens with zero attached hydrogens (tertiary/aromatic N) is 1. The van der Waals surface area contributed by atoms with Crippen LogP contribution in [0.3, 0.4) is 0 Å². The van der Waals surface area contributed by atoms with Gasteiger partial charge in [-0.25, -0.2) is 0 Å². The lowest BCUT2D eigenvalue weighted by atomic mass is 10.1. The smallest absolute Gasteiger partial charge is 0.247 e. The molecule has 1 aliphatic heterocycles. The third-order valence-electron chi connectivity index (χ3n) is 4.01. The fraction of sp³-hybridized carbons (Fsp3) is 0.412. The molecule has 0 saturated carbocycles. The lowest BCUT2D eigenvalue weighted by Crippen LogP contribution is -2.38. The van der Waals surface area contributed by atoms with Crippen molar-refractivity contribution < 1.29 is 19.8 Å². The number of aliphatic hydroxyl groups is 2. The van der Waals surface area contributed by atoms with E-state index in [4.69, 9.17) is 5.11 Å². The average molecular weight is 318 g/mol. The van der Waals surface area contributed by atoms with Crippen LogP contribution in [0.4, 0.5) is 5.69 Å². The molecular weight excluding hydrogens is 296 g/mol. The van der Waals surface area contributed by atoms with Gasteiger partial charge in [0.05, 0.1) is 13.2 Å². The van der Waals surface area contributed by atoms with Crippen LogP contribution in [0.15, 0.2) is 36.9 Å². The number of carbonyl (C=O) groups excluding carboxylic acids is 2. The summed E-state index contributed by atoms with van der Waals surface area (Å²) >= 11 is 0. The number of rotatable bonds is 6. The number of hydrogen-bond acceptors (Lipinski definition) is 4. The molecule has 0 radical (unpaired) electrons. The van der Waals surface area contributed by atoms with Crippen LogP contribution in [-0.4, -0.2) is 52.2 Å². The maximum absolute atomic E-state index is 12.1. The highest BCUT2D eigenvalue weighted by molar-refractivity contribution is 5.98. The van der Waals surface area contributed by atoms with Gasteiger partial charge in [-0.05, 0) is 36.6 Å². The van der Waals surface area contributed by atoms with Gasteiger partial charge in [-0.15, -0.1) is 0 Å². The maximum atomic E-state index is 12.1. The number of benzene rings is 1. The molecular formula is C17H22N2O4. The Morgan fingerprint density at radius 2 is 2.04 bits per heavy atom. The van der Waals surface area contributed by atoms with Gasteiger partial charge in [0.2, 0.25) is 11.8 Å². The van der Waals surface area contributed by atoms with Crippen molar-refractivity contribution in [2.75, 3.05) is 25.0 Å². The van der Waals surface area contributed by atoms with E-state index in [0.717, 1.165) is 5.56 Å². The summed E-state index contributed by atoms with van der Waals surface area (Å²) in [5.74, 6) is -0.295. The normalized spacial score (nSPS) is 20.3. The lowest BCUT2D eigenvalue weighted by Gasteiger charge is -2.20. The lowest BCUT2D eigenvalue weighted by molar-refractivity contribution is -0.131. The molecule has 0 bridgehead atoms. The van der Waals surface area contributed by atoms with Crippen LogP contribution in [0.2, 0.25) is 0 Å². The van der Waals surface area contributed by atoms with Gasteiger partial charge in [0.15, 0.2) is 0 Å². The van der Waals surface area contributed by atoms with E-state index in [-0.39, 0.29) is 25.0 Å². The van der Waals surface area contributed by atoms with Crippen molar-refractivity contribution in [3.8, 4) is 0 Å². The summed E-state index contributed by atoms with van der Waals surface area (Å²) in [5, 5.41) is 21.7. The Bertz CT molecular complexity index is 585. The molecule has 0 spiro atoms. The van der Waals surface area contributed by atoms with E-state index in [9.17, 15) is 14.7 Å². The highest BCUT2D eigenvalue weighted by Gasteiger charge is 2.37. The first-order valence-corrected chi connectivity index (χ1v) is 7.59. The molecule has 1 aromatic carbocycles. The summed E-state index contributed by atoms with van der Waals surface area (Å²) in [4.78, 5) is 24.9. The third kappa shape index (κ3) is 4.64. The first-order chi connectivity index (χ1) is 11.0. The second-order valence-corrected chi connectivity index (χ2v) is 5.84. The zero-order chi connectivity index (χ0) is 16.9. The minimum Gasteiger partial charge on any atom is -0.393 e. The molecule has 1 fully saturated rings. The van der Waals surface area contributed by atoms with Crippen molar-refractivity contribution in [3.05, 3.63) is 42.5 Å². The molecule has 1 heterocycles. The van der Waals surface area contributed by atoms with Crippen molar-refractivity contribution >= 4 is 17.5 Å². The maximum Gasteiger partial charge on any atom is 0.247 e. The van der Waals surface area contributed by atoms with Crippen LogP contribution in [0.1, 0.15) is 18.4 Å². The first-order valence-electron chi connectivity index (χ1n) is 7.59. The molecule has 6 nitrogen and oxygen atoms in total. The summed E-state index contributed by atoms with van der Waals surface area (Å²) in [6.07, 6.45) is 2.55.